The van der Waals surface area contributed by atoms with Gasteiger partial charge in [-0.25, -0.2) is 9.97 Å². The Balaban J connectivity index is 2.44. The number of nitrogens with one attached hydrogen (secondary N) is 2. The zero-order valence-electron chi connectivity index (χ0n) is 8.62. The Morgan fingerprint density at radius 1 is 1.60 bits per heavy atom. The van der Waals surface area contributed by atoms with Crippen LogP contribution in [0.1, 0.15) is 13.8 Å². The van der Waals surface area contributed by atoms with Crippen molar-refractivity contribution in [1.29, 1.82) is 0 Å². The summed E-state index contributed by atoms with van der Waals surface area (Å²) in [7, 11) is 0. The molecule has 0 saturated heterocycles. The van der Waals surface area contributed by atoms with Gasteiger partial charge in [-0.3, -0.25) is 4.79 Å². The lowest BCUT2D eigenvalue weighted by Gasteiger charge is -2.09. The molecule has 0 radical (unpaired) electrons. The average molecular weight is 229 g/mol. The van der Waals surface area contributed by atoms with E-state index in [1.54, 1.807) is 0 Å². The SMILES string of the molecule is CC(C)NC(=O)CNc1ncncc1Cl. The summed E-state index contributed by atoms with van der Waals surface area (Å²) in [5.41, 5.74) is 0. The molecule has 0 aliphatic carbocycles. The van der Waals surface area contributed by atoms with Crippen molar-refractivity contribution < 1.29 is 4.79 Å². The summed E-state index contributed by atoms with van der Waals surface area (Å²) in [6.45, 7) is 3.94. The number of nitrogens with zero attached hydrogens (tertiary/aromatic N) is 2. The standard InChI is InChI=1S/C9H13ClN4O/c1-6(2)14-8(15)4-12-9-7(10)3-11-5-13-9/h3,5-6H,4H2,1-2H3,(H,14,15)(H,11,12,13). The van der Waals surface area contributed by atoms with Gasteiger partial charge >= 0.3 is 0 Å². The maximum Gasteiger partial charge on any atom is 0.239 e. The summed E-state index contributed by atoms with van der Waals surface area (Å²) in [4.78, 5) is 18.9. The number of amides is 1. The first-order chi connectivity index (χ1) is 7.09. The predicted molar refractivity (Wildman–Crippen MR) is 58.8 cm³/mol. The lowest BCUT2D eigenvalue weighted by atomic mass is 10.4. The van der Waals surface area contributed by atoms with E-state index in [2.05, 4.69) is 20.6 Å². The van der Waals surface area contributed by atoms with Crippen LogP contribution >= 0.6 is 11.6 Å². The van der Waals surface area contributed by atoms with E-state index in [9.17, 15) is 4.79 Å². The van der Waals surface area contributed by atoms with Crippen LogP contribution in [0.2, 0.25) is 5.02 Å². The zero-order valence-corrected chi connectivity index (χ0v) is 9.38. The molecule has 0 aliphatic heterocycles. The highest BCUT2D eigenvalue weighted by Gasteiger charge is 2.05. The molecule has 1 aromatic rings. The van der Waals surface area contributed by atoms with Crippen molar-refractivity contribution in [2.24, 2.45) is 0 Å². The molecule has 2 N–H and O–H groups in total. The van der Waals surface area contributed by atoms with E-state index < -0.39 is 0 Å². The van der Waals surface area contributed by atoms with Crippen LogP contribution in [0.15, 0.2) is 12.5 Å². The van der Waals surface area contributed by atoms with E-state index in [1.165, 1.54) is 12.5 Å². The minimum atomic E-state index is -0.0975. The number of rotatable bonds is 4. The summed E-state index contributed by atoms with van der Waals surface area (Å²) in [6, 6.07) is 0.125. The van der Waals surface area contributed by atoms with Crippen LogP contribution in [0.25, 0.3) is 0 Å². The molecule has 0 fully saturated rings. The van der Waals surface area contributed by atoms with Gasteiger partial charge in [0.1, 0.15) is 17.2 Å². The van der Waals surface area contributed by atoms with Crippen molar-refractivity contribution in [1.82, 2.24) is 15.3 Å². The lowest BCUT2D eigenvalue weighted by molar-refractivity contribution is -0.119. The van der Waals surface area contributed by atoms with Gasteiger partial charge in [0, 0.05) is 6.04 Å². The summed E-state index contributed by atoms with van der Waals surface area (Å²) in [5.74, 6) is 0.366. The van der Waals surface area contributed by atoms with Crippen molar-refractivity contribution in [3.8, 4) is 0 Å². The Morgan fingerprint density at radius 3 is 2.93 bits per heavy atom. The predicted octanol–water partition coefficient (Wildman–Crippen LogP) is 1.07. The van der Waals surface area contributed by atoms with Gasteiger partial charge in [-0.1, -0.05) is 11.6 Å². The van der Waals surface area contributed by atoms with E-state index in [0.29, 0.717) is 10.8 Å². The molecule has 1 rings (SSSR count). The molecule has 0 aromatic carbocycles. The van der Waals surface area contributed by atoms with Crippen LogP contribution in [0.4, 0.5) is 5.82 Å². The first-order valence-electron chi connectivity index (χ1n) is 4.58. The fraction of sp³-hybridized carbons (Fsp3) is 0.444. The molecule has 0 atom stereocenters. The van der Waals surface area contributed by atoms with Crippen molar-refractivity contribution in [3.63, 3.8) is 0 Å². The molecule has 1 heterocycles. The van der Waals surface area contributed by atoms with Crippen molar-refractivity contribution in [3.05, 3.63) is 17.5 Å². The minimum Gasteiger partial charge on any atom is -0.360 e. The number of aromatic nitrogens is 2. The smallest absolute Gasteiger partial charge is 0.239 e. The van der Waals surface area contributed by atoms with Gasteiger partial charge in [0.2, 0.25) is 5.91 Å². The van der Waals surface area contributed by atoms with Crippen LogP contribution < -0.4 is 10.6 Å². The van der Waals surface area contributed by atoms with E-state index in [4.69, 9.17) is 11.6 Å². The van der Waals surface area contributed by atoms with Gasteiger partial charge in [-0.2, -0.15) is 0 Å². The summed E-state index contributed by atoms with van der Waals surface area (Å²) >= 11 is 5.79. The molecule has 82 valence electrons. The molecule has 0 bridgehead atoms. The Labute approximate surface area is 93.3 Å². The summed E-state index contributed by atoms with van der Waals surface area (Å²) in [5, 5.41) is 5.97. The molecule has 0 aliphatic rings. The van der Waals surface area contributed by atoms with Gasteiger partial charge in [-0.15, -0.1) is 0 Å². The fourth-order valence-electron chi connectivity index (χ4n) is 0.980. The number of hydrogen-bond donors (Lipinski definition) is 2. The molecule has 5 nitrogen and oxygen atoms in total. The normalized spacial score (nSPS) is 10.1. The van der Waals surface area contributed by atoms with Gasteiger partial charge in [0.05, 0.1) is 12.7 Å². The number of halogens is 1. The van der Waals surface area contributed by atoms with E-state index in [1.807, 2.05) is 13.8 Å². The molecule has 15 heavy (non-hydrogen) atoms. The minimum absolute atomic E-state index is 0.0975. The lowest BCUT2D eigenvalue weighted by Crippen LogP contribution is -2.35. The third-order valence-corrected chi connectivity index (χ3v) is 1.81. The molecular weight excluding hydrogens is 216 g/mol. The highest BCUT2D eigenvalue weighted by atomic mass is 35.5. The maximum atomic E-state index is 11.3. The van der Waals surface area contributed by atoms with Crippen LogP contribution in [0.3, 0.4) is 0 Å². The second-order valence-corrected chi connectivity index (χ2v) is 3.70. The zero-order chi connectivity index (χ0) is 11.3. The second kappa shape index (κ2) is 5.50. The van der Waals surface area contributed by atoms with Gasteiger partial charge in [0.25, 0.3) is 0 Å². The van der Waals surface area contributed by atoms with Crippen molar-refractivity contribution in [2.45, 2.75) is 19.9 Å². The maximum absolute atomic E-state index is 11.3. The average Bonchev–Trinajstić information content (AvgIpc) is 2.15. The molecule has 6 heteroatoms. The van der Waals surface area contributed by atoms with Crippen LogP contribution in [-0.4, -0.2) is 28.5 Å². The molecule has 1 aromatic heterocycles. The molecule has 0 spiro atoms. The third kappa shape index (κ3) is 4.12. The molecule has 0 unspecified atom stereocenters. The summed E-state index contributed by atoms with van der Waals surface area (Å²) in [6.07, 6.45) is 2.84. The second-order valence-electron chi connectivity index (χ2n) is 3.30. The quantitative estimate of drug-likeness (QED) is 0.809. The van der Waals surface area contributed by atoms with Gasteiger partial charge < -0.3 is 10.6 Å². The number of carbonyl (C=O) groups is 1. The molecule has 0 saturated carbocycles. The Kier molecular flexibility index (Phi) is 4.30. The number of carbonyl (C=O) groups excluding carboxylic acids is 1. The monoisotopic (exact) mass is 228 g/mol. The molecule has 1 amide bonds. The van der Waals surface area contributed by atoms with Crippen LogP contribution in [-0.2, 0) is 4.79 Å². The van der Waals surface area contributed by atoms with E-state index in [-0.39, 0.29) is 18.5 Å². The van der Waals surface area contributed by atoms with Crippen LogP contribution in [0, 0.1) is 0 Å². The Hall–Kier alpha value is -1.36. The van der Waals surface area contributed by atoms with Crippen molar-refractivity contribution in [2.75, 3.05) is 11.9 Å². The third-order valence-electron chi connectivity index (χ3n) is 1.53. The van der Waals surface area contributed by atoms with E-state index >= 15 is 0 Å². The van der Waals surface area contributed by atoms with Gasteiger partial charge in [-0.05, 0) is 13.8 Å². The highest BCUT2D eigenvalue weighted by molar-refractivity contribution is 6.32. The number of anilines is 1. The fourth-order valence-corrected chi connectivity index (χ4v) is 1.15. The van der Waals surface area contributed by atoms with Gasteiger partial charge in [0.15, 0.2) is 0 Å². The van der Waals surface area contributed by atoms with Crippen LogP contribution in [0.5, 0.6) is 0 Å². The largest absolute Gasteiger partial charge is 0.360 e. The Morgan fingerprint density at radius 2 is 2.33 bits per heavy atom. The van der Waals surface area contributed by atoms with Crippen molar-refractivity contribution >= 4 is 23.3 Å². The van der Waals surface area contributed by atoms with E-state index in [0.717, 1.165) is 0 Å². The highest BCUT2D eigenvalue weighted by Crippen LogP contribution is 2.15. The first kappa shape index (κ1) is 11.7. The Bertz CT molecular complexity index is 343. The first-order valence-corrected chi connectivity index (χ1v) is 4.96. The topological polar surface area (TPSA) is 66.9 Å². The number of hydrogen-bond acceptors (Lipinski definition) is 4. The molecular formula is C9H13ClN4O. The summed E-state index contributed by atoms with van der Waals surface area (Å²) < 4.78 is 0.